The van der Waals surface area contributed by atoms with E-state index >= 15 is 0 Å². The van der Waals surface area contributed by atoms with Gasteiger partial charge in [-0.3, -0.25) is 4.79 Å². The van der Waals surface area contributed by atoms with Gasteiger partial charge in [0.1, 0.15) is 10.3 Å². The molecule has 0 bridgehead atoms. The molecule has 3 nitrogen and oxygen atoms in total. The van der Waals surface area contributed by atoms with Gasteiger partial charge in [0.2, 0.25) is 0 Å². The van der Waals surface area contributed by atoms with Crippen LogP contribution in [0.25, 0.3) is 0 Å². The maximum absolute atomic E-state index is 12.3. The minimum atomic E-state index is -2.79. The molecule has 6 heteroatoms. The smallest absolute Gasteiger partial charge is 0.268 e. The van der Waals surface area contributed by atoms with Gasteiger partial charge in [0.25, 0.3) is 6.43 Å². The van der Waals surface area contributed by atoms with E-state index < -0.39 is 12.0 Å². The van der Waals surface area contributed by atoms with Gasteiger partial charge in [-0.25, -0.2) is 13.8 Å². The Bertz CT molecular complexity index is 344. The summed E-state index contributed by atoms with van der Waals surface area (Å²) >= 11 is 2.94. The van der Waals surface area contributed by atoms with Crippen molar-refractivity contribution < 1.29 is 13.6 Å². The summed E-state index contributed by atoms with van der Waals surface area (Å²) in [6.07, 6.45) is -2.54. The molecular weight excluding hydrogens is 246 g/mol. The van der Waals surface area contributed by atoms with Gasteiger partial charge < -0.3 is 5.73 Å². The number of nitrogens with zero attached hydrogens (tertiary/aromatic N) is 1. The van der Waals surface area contributed by atoms with E-state index in [1.54, 1.807) is 0 Å². The third kappa shape index (κ3) is 2.00. The van der Waals surface area contributed by atoms with Crippen molar-refractivity contribution in [2.75, 3.05) is 5.73 Å². The molecule has 70 valence electrons. The molecule has 1 heterocycles. The lowest BCUT2D eigenvalue weighted by Crippen LogP contribution is -2.03. The van der Waals surface area contributed by atoms with Gasteiger partial charge in [0.05, 0.1) is 5.56 Å². The lowest BCUT2D eigenvalue weighted by molar-refractivity contribution is 0.110. The van der Waals surface area contributed by atoms with Crippen LogP contribution in [0.1, 0.15) is 22.5 Å². The highest BCUT2D eigenvalue weighted by molar-refractivity contribution is 9.10. The van der Waals surface area contributed by atoms with Crippen LogP contribution in [0.3, 0.4) is 0 Å². The summed E-state index contributed by atoms with van der Waals surface area (Å²) in [4.78, 5) is 13.9. The Labute approximate surface area is 81.1 Å². The SMILES string of the molecule is Nc1cc(Br)nc(C=O)c1C(F)F. The molecule has 1 aromatic heterocycles. The molecular formula is C7H5BrF2N2O. The van der Waals surface area contributed by atoms with E-state index in [1.807, 2.05) is 0 Å². The first-order valence-electron chi connectivity index (χ1n) is 3.25. The number of aldehydes is 1. The molecule has 2 N–H and O–H groups in total. The highest BCUT2D eigenvalue weighted by atomic mass is 79.9. The van der Waals surface area contributed by atoms with Crippen molar-refractivity contribution in [3.8, 4) is 0 Å². The summed E-state index contributed by atoms with van der Waals surface area (Å²) in [5, 5.41) is 0. The Morgan fingerprint density at radius 3 is 2.69 bits per heavy atom. The molecule has 1 aromatic rings. The molecule has 0 radical (unpaired) electrons. The van der Waals surface area contributed by atoms with Gasteiger partial charge >= 0.3 is 0 Å². The van der Waals surface area contributed by atoms with Gasteiger partial charge in [-0.2, -0.15) is 0 Å². The van der Waals surface area contributed by atoms with E-state index in [2.05, 4.69) is 20.9 Å². The number of nitrogens with two attached hydrogens (primary N) is 1. The maximum atomic E-state index is 12.3. The summed E-state index contributed by atoms with van der Waals surface area (Å²) in [5.41, 5.74) is 4.30. The molecule has 13 heavy (non-hydrogen) atoms. The number of hydrogen-bond acceptors (Lipinski definition) is 3. The monoisotopic (exact) mass is 250 g/mol. The number of pyridine rings is 1. The maximum Gasteiger partial charge on any atom is 0.268 e. The third-order valence-electron chi connectivity index (χ3n) is 1.42. The van der Waals surface area contributed by atoms with Crippen LogP contribution in [0, 0.1) is 0 Å². The van der Waals surface area contributed by atoms with Gasteiger partial charge in [0.15, 0.2) is 6.29 Å². The van der Waals surface area contributed by atoms with Crippen LogP contribution in [-0.2, 0) is 0 Å². The normalized spacial score (nSPS) is 10.5. The van der Waals surface area contributed by atoms with Crippen LogP contribution < -0.4 is 5.73 Å². The molecule has 0 saturated heterocycles. The fourth-order valence-electron chi connectivity index (χ4n) is 0.889. The van der Waals surface area contributed by atoms with Crippen molar-refractivity contribution in [1.29, 1.82) is 0 Å². The lowest BCUT2D eigenvalue weighted by atomic mass is 10.2. The summed E-state index contributed by atoms with van der Waals surface area (Å²) < 4.78 is 24.9. The Hall–Kier alpha value is -1.04. The zero-order chi connectivity index (χ0) is 10.0. The number of hydrogen-bond donors (Lipinski definition) is 1. The van der Waals surface area contributed by atoms with Crippen LogP contribution in [0.4, 0.5) is 14.5 Å². The molecule has 1 rings (SSSR count). The highest BCUT2D eigenvalue weighted by Gasteiger charge is 2.18. The number of anilines is 1. The number of carbonyl (C=O) groups excluding carboxylic acids is 1. The average molecular weight is 251 g/mol. The Morgan fingerprint density at radius 2 is 2.23 bits per heavy atom. The van der Waals surface area contributed by atoms with Gasteiger partial charge in [-0.15, -0.1) is 0 Å². The predicted molar refractivity (Wildman–Crippen MR) is 46.7 cm³/mol. The van der Waals surface area contributed by atoms with Crippen LogP contribution in [0.5, 0.6) is 0 Å². The topological polar surface area (TPSA) is 56.0 Å². The number of alkyl halides is 2. The number of halogens is 3. The standard InChI is InChI=1S/C7H5BrF2N2O/c8-5-1-3(11)6(7(9)10)4(2-13)12-5/h1-2,7H,(H2,11,12). The largest absolute Gasteiger partial charge is 0.398 e. The van der Waals surface area contributed by atoms with Crippen LogP contribution in [0.2, 0.25) is 0 Å². The van der Waals surface area contributed by atoms with Gasteiger partial charge in [-0.1, -0.05) is 0 Å². The number of aromatic nitrogens is 1. The first kappa shape index (κ1) is 10.0. The van der Waals surface area contributed by atoms with Gasteiger partial charge in [-0.05, 0) is 22.0 Å². The minimum Gasteiger partial charge on any atom is -0.398 e. The van der Waals surface area contributed by atoms with Crippen LogP contribution in [-0.4, -0.2) is 11.3 Å². The average Bonchev–Trinajstić information content (AvgIpc) is 2.01. The fourth-order valence-corrected chi connectivity index (χ4v) is 1.33. The Balaban J connectivity index is 3.38. The minimum absolute atomic E-state index is 0.140. The highest BCUT2D eigenvalue weighted by Crippen LogP contribution is 2.28. The van der Waals surface area contributed by atoms with E-state index in [9.17, 15) is 13.6 Å². The van der Waals surface area contributed by atoms with Crippen molar-refractivity contribution in [2.24, 2.45) is 0 Å². The van der Waals surface area contributed by atoms with E-state index in [-0.39, 0.29) is 22.3 Å². The molecule has 0 aliphatic rings. The van der Waals surface area contributed by atoms with E-state index in [0.29, 0.717) is 0 Å². The lowest BCUT2D eigenvalue weighted by Gasteiger charge is -2.06. The number of carbonyl (C=O) groups is 1. The second kappa shape index (κ2) is 3.78. The van der Waals surface area contributed by atoms with E-state index in [0.717, 1.165) is 0 Å². The molecule has 0 aliphatic heterocycles. The molecule has 0 saturated carbocycles. The molecule has 0 fully saturated rings. The summed E-state index contributed by atoms with van der Waals surface area (Å²) in [6.45, 7) is 0. The summed E-state index contributed by atoms with van der Waals surface area (Å²) in [6, 6.07) is 1.23. The van der Waals surface area contributed by atoms with E-state index in [1.165, 1.54) is 6.07 Å². The van der Waals surface area contributed by atoms with Crippen molar-refractivity contribution in [3.63, 3.8) is 0 Å². The van der Waals surface area contributed by atoms with Gasteiger partial charge in [0, 0.05) is 5.69 Å². The zero-order valence-electron chi connectivity index (χ0n) is 6.30. The Morgan fingerprint density at radius 1 is 1.62 bits per heavy atom. The van der Waals surface area contributed by atoms with Crippen molar-refractivity contribution >= 4 is 27.9 Å². The zero-order valence-corrected chi connectivity index (χ0v) is 7.88. The fraction of sp³-hybridized carbons (Fsp3) is 0.143. The van der Waals surface area contributed by atoms with Crippen LogP contribution in [0.15, 0.2) is 10.7 Å². The molecule has 0 unspecified atom stereocenters. The van der Waals surface area contributed by atoms with Crippen molar-refractivity contribution in [1.82, 2.24) is 4.98 Å². The van der Waals surface area contributed by atoms with E-state index in [4.69, 9.17) is 5.73 Å². The number of rotatable bonds is 2. The first-order chi connectivity index (χ1) is 6.06. The van der Waals surface area contributed by atoms with Crippen molar-refractivity contribution in [2.45, 2.75) is 6.43 Å². The summed E-state index contributed by atoms with van der Waals surface area (Å²) in [5.74, 6) is 0. The molecule has 0 spiro atoms. The first-order valence-corrected chi connectivity index (χ1v) is 4.04. The molecule has 0 atom stereocenters. The predicted octanol–water partition coefficient (Wildman–Crippen LogP) is 2.18. The molecule has 0 amide bonds. The molecule has 0 aromatic carbocycles. The second-order valence-corrected chi connectivity index (χ2v) is 3.06. The number of nitrogen functional groups attached to an aromatic ring is 1. The Kier molecular flexibility index (Phi) is 2.92. The second-order valence-electron chi connectivity index (χ2n) is 2.25. The van der Waals surface area contributed by atoms with Crippen molar-refractivity contribution in [3.05, 3.63) is 21.9 Å². The molecule has 0 aliphatic carbocycles. The quantitative estimate of drug-likeness (QED) is 0.647. The third-order valence-corrected chi connectivity index (χ3v) is 1.82. The van der Waals surface area contributed by atoms with Crippen LogP contribution >= 0.6 is 15.9 Å². The summed E-state index contributed by atoms with van der Waals surface area (Å²) in [7, 11) is 0.